The lowest BCUT2D eigenvalue weighted by molar-refractivity contribution is -0.149. The average molecular weight is 481 g/mol. The Bertz CT molecular complexity index is 1110. The number of rotatable bonds is 6. The molecule has 2 aromatic carbocycles. The van der Waals surface area contributed by atoms with E-state index in [1.807, 2.05) is 36.4 Å². The number of carboxylic acid groups (broad SMARTS) is 1. The van der Waals surface area contributed by atoms with Crippen molar-refractivity contribution in [3.63, 3.8) is 0 Å². The Hall–Kier alpha value is -3.43. The van der Waals surface area contributed by atoms with Gasteiger partial charge in [-0.05, 0) is 29.2 Å². The predicted octanol–water partition coefficient (Wildman–Crippen LogP) is 2.29. The van der Waals surface area contributed by atoms with Gasteiger partial charge in [-0.15, -0.1) is 0 Å². The molecule has 0 aromatic heterocycles. The number of aliphatic carboxylic acids is 1. The van der Waals surface area contributed by atoms with Crippen molar-refractivity contribution in [3.05, 3.63) is 59.7 Å². The van der Waals surface area contributed by atoms with Gasteiger partial charge in [-0.1, -0.05) is 48.5 Å². The molecule has 3 aliphatic rings. The number of nitrogens with one attached hydrogen (secondary N) is 2. The molecule has 3 atom stereocenters. The van der Waals surface area contributed by atoms with E-state index < -0.39 is 35.0 Å². The third kappa shape index (κ3) is 4.04. The quantitative estimate of drug-likeness (QED) is 0.580. The molecule has 3 N–H and O–H groups in total. The summed E-state index contributed by atoms with van der Waals surface area (Å²) in [6, 6.07) is 15.4. The molecule has 2 fully saturated rings. The molecule has 9 heteroatoms. The number of fused-ring (bicyclic) bond motifs is 3. The molecule has 1 aliphatic carbocycles. The highest BCUT2D eigenvalue weighted by Crippen LogP contribution is 2.44. The average Bonchev–Trinajstić information content (AvgIpc) is 3.55. The fraction of sp³-hybridized carbons (Fsp3) is 0.423. The molecule has 2 aliphatic heterocycles. The first-order valence-electron chi connectivity index (χ1n) is 11.7. The molecule has 184 valence electrons. The van der Waals surface area contributed by atoms with Gasteiger partial charge in [0.1, 0.15) is 6.61 Å². The van der Waals surface area contributed by atoms with Crippen molar-refractivity contribution < 1.29 is 33.7 Å². The van der Waals surface area contributed by atoms with Crippen LogP contribution in [0.5, 0.6) is 0 Å². The first kappa shape index (κ1) is 23.3. The fourth-order valence-corrected chi connectivity index (χ4v) is 5.13. The summed E-state index contributed by atoms with van der Waals surface area (Å²) in [6.07, 6.45) is -0.478. The zero-order chi connectivity index (χ0) is 24.6. The second-order valence-electron chi connectivity index (χ2n) is 9.60. The summed E-state index contributed by atoms with van der Waals surface area (Å²) in [7, 11) is 0. The van der Waals surface area contributed by atoms with E-state index >= 15 is 0 Å². The zero-order valence-corrected chi connectivity index (χ0v) is 19.4. The second kappa shape index (κ2) is 8.98. The number of amides is 2. The Morgan fingerprint density at radius 1 is 1.03 bits per heavy atom. The molecule has 0 saturated carbocycles. The molecule has 35 heavy (non-hydrogen) atoms. The van der Waals surface area contributed by atoms with Crippen molar-refractivity contribution >= 4 is 18.0 Å². The molecule has 2 saturated heterocycles. The number of benzene rings is 2. The summed E-state index contributed by atoms with van der Waals surface area (Å²) in [5.41, 5.74) is 1.84. The van der Waals surface area contributed by atoms with Crippen LogP contribution >= 0.6 is 0 Å². The van der Waals surface area contributed by atoms with Crippen LogP contribution in [-0.2, 0) is 23.8 Å². The van der Waals surface area contributed by atoms with Crippen molar-refractivity contribution in [1.29, 1.82) is 0 Å². The molecule has 2 heterocycles. The molecular formula is C26H28N2O7. The Balaban J connectivity index is 1.25. The maximum absolute atomic E-state index is 13.2. The van der Waals surface area contributed by atoms with Crippen LogP contribution in [0.3, 0.4) is 0 Å². The van der Waals surface area contributed by atoms with E-state index in [4.69, 9.17) is 14.2 Å². The standard InChI is InChI=1S/C26H28N2O7/c1-25(22(29)28-26(23(30)31)10-11-33-15-26)14-34-13-21(25)27-24(32)35-12-20-18-8-4-2-6-16(18)17-7-3-5-9-19(17)20/h2-9,20-21H,10-15H2,1H3,(H,27,32)(H,28,29)(H,30,31). The number of carboxylic acids is 1. The smallest absolute Gasteiger partial charge is 0.407 e. The summed E-state index contributed by atoms with van der Waals surface area (Å²) in [6.45, 7) is 2.11. The van der Waals surface area contributed by atoms with Gasteiger partial charge in [-0.2, -0.15) is 0 Å². The number of carbonyl (C=O) groups is 3. The van der Waals surface area contributed by atoms with Crippen LogP contribution in [0.25, 0.3) is 11.1 Å². The van der Waals surface area contributed by atoms with Crippen molar-refractivity contribution in [2.45, 2.75) is 30.8 Å². The van der Waals surface area contributed by atoms with Gasteiger partial charge >= 0.3 is 12.1 Å². The van der Waals surface area contributed by atoms with Crippen molar-refractivity contribution in [2.24, 2.45) is 5.41 Å². The number of hydrogen-bond donors (Lipinski definition) is 3. The molecule has 3 unspecified atom stereocenters. The number of hydrogen-bond acceptors (Lipinski definition) is 6. The Kier molecular flexibility index (Phi) is 5.98. The lowest BCUT2D eigenvalue weighted by atomic mass is 9.83. The van der Waals surface area contributed by atoms with Gasteiger partial charge in [-0.3, -0.25) is 4.79 Å². The van der Waals surface area contributed by atoms with Gasteiger partial charge in [0.25, 0.3) is 0 Å². The first-order chi connectivity index (χ1) is 16.8. The normalized spacial score (nSPS) is 27.2. The molecule has 2 aromatic rings. The van der Waals surface area contributed by atoms with Gasteiger partial charge in [0.15, 0.2) is 5.54 Å². The zero-order valence-electron chi connectivity index (χ0n) is 19.4. The Morgan fingerprint density at radius 3 is 2.29 bits per heavy atom. The van der Waals surface area contributed by atoms with E-state index in [9.17, 15) is 19.5 Å². The van der Waals surface area contributed by atoms with E-state index in [1.54, 1.807) is 6.92 Å². The van der Waals surface area contributed by atoms with Crippen LogP contribution in [0.15, 0.2) is 48.5 Å². The van der Waals surface area contributed by atoms with E-state index in [1.165, 1.54) is 0 Å². The Morgan fingerprint density at radius 2 is 1.69 bits per heavy atom. The first-order valence-corrected chi connectivity index (χ1v) is 11.7. The number of alkyl carbamates (subject to hydrolysis) is 1. The lowest BCUT2D eigenvalue weighted by Crippen LogP contribution is -2.62. The van der Waals surface area contributed by atoms with E-state index in [0.29, 0.717) is 0 Å². The molecule has 5 rings (SSSR count). The summed E-state index contributed by atoms with van der Waals surface area (Å²) in [5, 5.41) is 15.1. The van der Waals surface area contributed by atoms with Crippen LogP contribution in [-0.4, -0.2) is 67.7 Å². The third-order valence-electron chi connectivity index (χ3n) is 7.39. The van der Waals surface area contributed by atoms with E-state index in [-0.39, 0.29) is 45.4 Å². The molecule has 0 radical (unpaired) electrons. The van der Waals surface area contributed by atoms with Gasteiger partial charge in [-0.25, -0.2) is 9.59 Å². The highest BCUT2D eigenvalue weighted by atomic mass is 16.6. The second-order valence-corrected chi connectivity index (χ2v) is 9.60. The maximum atomic E-state index is 13.2. The van der Waals surface area contributed by atoms with Crippen molar-refractivity contribution in [3.8, 4) is 11.1 Å². The molecule has 0 bridgehead atoms. The molecular weight excluding hydrogens is 452 g/mol. The third-order valence-corrected chi connectivity index (χ3v) is 7.39. The SMILES string of the molecule is CC1(C(=O)NC2(C(=O)O)CCOC2)COCC1NC(=O)OCC1c2ccccc2-c2ccccc21. The van der Waals surface area contributed by atoms with Crippen LogP contribution in [0.1, 0.15) is 30.4 Å². The molecule has 2 amide bonds. The molecule has 0 spiro atoms. The molecule has 9 nitrogen and oxygen atoms in total. The van der Waals surface area contributed by atoms with Crippen LogP contribution in [0.2, 0.25) is 0 Å². The largest absolute Gasteiger partial charge is 0.479 e. The minimum absolute atomic E-state index is 0.0453. The Labute approximate surface area is 202 Å². The number of carbonyl (C=O) groups excluding carboxylic acids is 2. The van der Waals surface area contributed by atoms with Gasteiger partial charge in [0.05, 0.1) is 31.3 Å². The topological polar surface area (TPSA) is 123 Å². The van der Waals surface area contributed by atoms with Crippen LogP contribution < -0.4 is 10.6 Å². The van der Waals surface area contributed by atoms with Gasteiger partial charge in [0, 0.05) is 18.9 Å². The van der Waals surface area contributed by atoms with Crippen molar-refractivity contribution in [2.75, 3.05) is 33.0 Å². The maximum Gasteiger partial charge on any atom is 0.407 e. The highest BCUT2D eigenvalue weighted by Gasteiger charge is 2.52. The summed E-state index contributed by atoms with van der Waals surface area (Å²) < 4.78 is 16.4. The predicted molar refractivity (Wildman–Crippen MR) is 125 cm³/mol. The lowest BCUT2D eigenvalue weighted by Gasteiger charge is -2.33. The minimum Gasteiger partial charge on any atom is -0.479 e. The van der Waals surface area contributed by atoms with Gasteiger partial charge in [0.2, 0.25) is 5.91 Å². The fourth-order valence-electron chi connectivity index (χ4n) is 5.13. The number of ether oxygens (including phenoxy) is 3. The summed E-state index contributed by atoms with van der Waals surface area (Å²) in [4.78, 5) is 37.7. The van der Waals surface area contributed by atoms with Crippen LogP contribution in [0.4, 0.5) is 4.79 Å². The summed E-state index contributed by atoms with van der Waals surface area (Å²) in [5.74, 6) is -1.74. The highest BCUT2D eigenvalue weighted by molar-refractivity contribution is 5.91. The minimum atomic E-state index is -1.48. The van der Waals surface area contributed by atoms with E-state index in [0.717, 1.165) is 22.3 Å². The van der Waals surface area contributed by atoms with E-state index in [2.05, 4.69) is 22.8 Å². The monoisotopic (exact) mass is 480 g/mol. The van der Waals surface area contributed by atoms with Crippen molar-refractivity contribution in [1.82, 2.24) is 10.6 Å². The van der Waals surface area contributed by atoms with Gasteiger partial charge < -0.3 is 30.0 Å². The van der Waals surface area contributed by atoms with Crippen LogP contribution in [0, 0.1) is 5.41 Å². The summed E-state index contributed by atoms with van der Waals surface area (Å²) >= 11 is 0.